The number of aliphatic hydroxyl groups is 1. The average Bonchev–Trinajstić information content (AvgIpc) is 2.67. The van der Waals surface area contributed by atoms with Crippen molar-refractivity contribution in [2.24, 2.45) is 0 Å². The van der Waals surface area contributed by atoms with Gasteiger partial charge in [-0.05, 0) is 34.1 Å². The summed E-state index contributed by atoms with van der Waals surface area (Å²) in [7, 11) is 1.62. The van der Waals surface area contributed by atoms with Gasteiger partial charge >= 0.3 is 6.09 Å². The van der Waals surface area contributed by atoms with Gasteiger partial charge in [0.1, 0.15) is 5.60 Å². The summed E-state index contributed by atoms with van der Waals surface area (Å²) in [4.78, 5) is 18.4. The first-order chi connectivity index (χ1) is 8.65. The van der Waals surface area contributed by atoms with E-state index < -0.39 is 17.8 Å². The number of hydrogen-bond donors (Lipinski definition) is 1. The number of rotatable bonds is 3. The van der Waals surface area contributed by atoms with Gasteiger partial charge in [0.15, 0.2) is 5.13 Å². The van der Waals surface area contributed by atoms with Crippen LogP contribution >= 0.6 is 11.3 Å². The van der Waals surface area contributed by atoms with Crippen molar-refractivity contribution in [1.29, 1.82) is 0 Å². The molecule has 19 heavy (non-hydrogen) atoms. The molecule has 1 rings (SSSR count). The zero-order chi connectivity index (χ0) is 14.8. The molecule has 0 spiro atoms. The van der Waals surface area contributed by atoms with Crippen LogP contribution in [0, 0.1) is 6.92 Å². The lowest BCUT2D eigenvalue weighted by molar-refractivity contribution is 0.0589. The van der Waals surface area contributed by atoms with Crippen LogP contribution < -0.4 is 4.90 Å². The summed E-state index contributed by atoms with van der Waals surface area (Å²) in [6, 6.07) is 0. The van der Waals surface area contributed by atoms with Crippen molar-refractivity contribution in [2.45, 2.75) is 52.7 Å². The molecule has 0 fully saturated rings. The van der Waals surface area contributed by atoms with E-state index in [1.807, 2.05) is 34.6 Å². The van der Waals surface area contributed by atoms with Crippen LogP contribution in [0.1, 0.15) is 50.8 Å². The fourth-order valence-corrected chi connectivity index (χ4v) is 2.53. The first-order valence-corrected chi connectivity index (χ1v) is 7.09. The van der Waals surface area contributed by atoms with Crippen molar-refractivity contribution in [3.63, 3.8) is 0 Å². The number of carbonyl (C=O) groups excluding carboxylic acids is 1. The molecular formula is C13H22N2O3S. The van der Waals surface area contributed by atoms with Gasteiger partial charge in [0.2, 0.25) is 0 Å². The summed E-state index contributed by atoms with van der Waals surface area (Å²) >= 11 is 1.32. The van der Waals surface area contributed by atoms with Gasteiger partial charge in [-0.2, -0.15) is 0 Å². The third kappa shape index (κ3) is 4.18. The summed E-state index contributed by atoms with van der Waals surface area (Å²) < 4.78 is 5.28. The molecule has 1 N–H and O–H groups in total. The molecule has 1 amide bonds. The summed E-state index contributed by atoms with van der Waals surface area (Å²) in [5, 5.41) is 10.4. The molecule has 0 saturated heterocycles. The summed E-state index contributed by atoms with van der Waals surface area (Å²) in [5.74, 6) is 0. The maximum Gasteiger partial charge on any atom is 0.416 e. The Hall–Kier alpha value is -1.14. The van der Waals surface area contributed by atoms with Gasteiger partial charge in [-0.1, -0.05) is 18.3 Å². The second kappa shape index (κ2) is 5.88. The molecule has 1 aromatic rings. The Labute approximate surface area is 118 Å². The first kappa shape index (κ1) is 15.9. The second-order valence-corrected chi connectivity index (χ2v) is 6.42. The number of anilines is 1. The third-order valence-electron chi connectivity index (χ3n) is 2.46. The number of aromatic nitrogens is 1. The fraction of sp³-hybridized carbons (Fsp3) is 0.692. The van der Waals surface area contributed by atoms with E-state index in [2.05, 4.69) is 4.98 Å². The SMILES string of the molecule is CCC(O)c1sc(N(C)C(=O)OC(C)(C)C)nc1C. The molecular weight excluding hydrogens is 264 g/mol. The van der Waals surface area contributed by atoms with Crippen molar-refractivity contribution in [2.75, 3.05) is 11.9 Å². The molecule has 1 heterocycles. The van der Waals surface area contributed by atoms with Crippen molar-refractivity contribution in [3.8, 4) is 0 Å². The predicted octanol–water partition coefficient (Wildman–Crippen LogP) is 3.27. The van der Waals surface area contributed by atoms with Crippen LogP contribution in [0.25, 0.3) is 0 Å². The number of amides is 1. The molecule has 0 aliphatic heterocycles. The molecule has 1 unspecified atom stereocenters. The maximum atomic E-state index is 11.9. The van der Waals surface area contributed by atoms with Crippen LogP contribution in [0.2, 0.25) is 0 Å². The quantitative estimate of drug-likeness (QED) is 0.926. The van der Waals surface area contributed by atoms with Gasteiger partial charge in [0.05, 0.1) is 16.7 Å². The molecule has 0 saturated carbocycles. The molecule has 5 nitrogen and oxygen atoms in total. The van der Waals surface area contributed by atoms with Gasteiger partial charge in [-0.15, -0.1) is 0 Å². The van der Waals surface area contributed by atoms with Crippen LogP contribution in [-0.2, 0) is 4.74 Å². The lowest BCUT2D eigenvalue weighted by atomic mass is 10.2. The number of thiazole rings is 1. The Morgan fingerprint density at radius 1 is 1.53 bits per heavy atom. The van der Waals surface area contributed by atoms with Crippen molar-refractivity contribution in [1.82, 2.24) is 4.98 Å². The molecule has 1 atom stereocenters. The number of aryl methyl sites for hydroxylation is 1. The van der Waals surface area contributed by atoms with Crippen molar-refractivity contribution in [3.05, 3.63) is 10.6 Å². The monoisotopic (exact) mass is 286 g/mol. The summed E-state index contributed by atoms with van der Waals surface area (Å²) in [6.45, 7) is 9.19. The smallest absolute Gasteiger partial charge is 0.416 e. The van der Waals surface area contributed by atoms with E-state index in [0.717, 1.165) is 10.6 Å². The molecule has 108 valence electrons. The Morgan fingerprint density at radius 2 is 2.11 bits per heavy atom. The average molecular weight is 286 g/mol. The van der Waals surface area contributed by atoms with Crippen molar-refractivity contribution < 1.29 is 14.6 Å². The zero-order valence-corrected chi connectivity index (χ0v) is 13.2. The van der Waals surface area contributed by atoms with Crippen LogP contribution in [0.15, 0.2) is 0 Å². The number of nitrogens with zero attached hydrogens (tertiary/aromatic N) is 2. The Morgan fingerprint density at radius 3 is 2.58 bits per heavy atom. The maximum absolute atomic E-state index is 11.9. The van der Waals surface area contributed by atoms with E-state index in [-0.39, 0.29) is 0 Å². The van der Waals surface area contributed by atoms with E-state index >= 15 is 0 Å². The fourth-order valence-electron chi connectivity index (χ4n) is 1.44. The molecule has 0 aliphatic carbocycles. The minimum atomic E-state index is -0.538. The first-order valence-electron chi connectivity index (χ1n) is 6.27. The molecule has 0 aromatic carbocycles. The topological polar surface area (TPSA) is 62.7 Å². The van der Waals surface area contributed by atoms with E-state index in [1.54, 1.807) is 7.05 Å². The van der Waals surface area contributed by atoms with Crippen LogP contribution in [0.5, 0.6) is 0 Å². The zero-order valence-electron chi connectivity index (χ0n) is 12.4. The predicted molar refractivity (Wildman–Crippen MR) is 76.7 cm³/mol. The Kier molecular flexibility index (Phi) is 4.92. The molecule has 1 aromatic heterocycles. The van der Waals surface area contributed by atoms with Crippen LogP contribution in [-0.4, -0.2) is 28.8 Å². The number of ether oxygens (including phenoxy) is 1. The van der Waals surface area contributed by atoms with Gasteiger partial charge in [-0.25, -0.2) is 9.78 Å². The minimum absolute atomic E-state index is 0.446. The van der Waals surface area contributed by atoms with E-state index in [4.69, 9.17) is 4.74 Å². The standard InChI is InChI=1S/C13H22N2O3S/c1-7-9(16)10-8(2)14-11(19-10)15(6)12(17)18-13(3,4)5/h9,16H,7H2,1-6H3. The summed E-state index contributed by atoms with van der Waals surface area (Å²) in [5.41, 5.74) is 0.216. The lowest BCUT2D eigenvalue weighted by Gasteiger charge is -2.23. The normalized spacial score (nSPS) is 13.2. The lowest BCUT2D eigenvalue weighted by Crippen LogP contribution is -2.34. The third-order valence-corrected chi connectivity index (χ3v) is 3.80. The molecule has 0 radical (unpaired) electrons. The highest BCUT2D eigenvalue weighted by Crippen LogP contribution is 2.32. The van der Waals surface area contributed by atoms with Gasteiger partial charge < -0.3 is 9.84 Å². The molecule has 6 heteroatoms. The number of aliphatic hydroxyl groups excluding tert-OH is 1. The Balaban J connectivity index is 2.89. The van der Waals surface area contributed by atoms with Gasteiger partial charge in [0, 0.05) is 7.05 Å². The minimum Gasteiger partial charge on any atom is -0.443 e. The highest BCUT2D eigenvalue weighted by atomic mass is 32.1. The van der Waals surface area contributed by atoms with Gasteiger partial charge in [-0.3, -0.25) is 4.90 Å². The Bertz CT molecular complexity index is 451. The molecule has 0 aliphatic rings. The van der Waals surface area contributed by atoms with E-state index in [1.165, 1.54) is 16.2 Å². The largest absolute Gasteiger partial charge is 0.443 e. The highest BCUT2D eigenvalue weighted by molar-refractivity contribution is 7.16. The second-order valence-electron chi connectivity index (χ2n) is 5.41. The van der Waals surface area contributed by atoms with E-state index in [9.17, 15) is 9.90 Å². The van der Waals surface area contributed by atoms with Gasteiger partial charge in [0.25, 0.3) is 0 Å². The number of hydrogen-bond acceptors (Lipinski definition) is 5. The molecule has 0 bridgehead atoms. The van der Waals surface area contributed by atoms with Crippen molar-refractivity contribution >= 4 is 22.6 Å². The summed E-state index contributed by atoms with van der Waals surface area (Å²) in [6.07, 6.45) is -0.351. The number of carbonyl (C=O) groups is 1. The van der Waals surface area contributed by atoms with Crippen LogP contribution in [0.3, 0.4) is 0 Å². The van der Waals surface area contributed by atoms with Crippen LogP contribution in [0.4, 0.5) is 9.93 Å². The highest BCUT2D eigenvalue weighted by Gasteiger charge is 2.24. The van der Waals surface area contributed by atoms with E-state index in [0.29, 0.717) is 11.6 Å².